The highest BCUT2D eigenvalue weighted by Gasteiger charge is 2.17. The molecule has 8 nitrogen and oxygen atoms in total. The maximum absolute atomic E-state index is 10.6. The van der Waals surface area contributed by atoms with Crippen LogP contribution in [-0.2, 0) is 0 Å². The Labute approximate surface area is 81.9 Å². The zero-order valence-electron chi connectivity index (χ0n) is 7.19. The molecule has 0 aliphatic rings. The van der Waals surface area contributed by atoms with Crippen LogP contribution in [0, 0.1) is 10.1 Å². The molecule has 0 bridgehead atoms. The Kier molecular flexibility index (Phi) is 1.82. The fourth-order valence-corrected chi connectivity index (χ4v) is 1.10. The molecule has 0 fully saturated rings. The first-order valence-corrected chi connectivity index (χ1v) is 3.81. The van der Waals surface area contributed by atoms with Gasteiger partial charge in [-0.2, -0.15) is 5.10 Å². The molecule has 0 aliphatic carbocycles. The van der Waals surface area contributed by atoms with Gasteiger partial charge in [-0.25, -0.2) is 14.3 Å². The summed E-state index contributed by atoms with van der Waals surface area (Å²) in [5.74, 6) is -1.24. The van der Waals surface area contributed by atoms with Gasteiger partial charge in [0.15, 0.2) is 5.69 Å². The summed E-state index contributed by atoms with van der Waals surface area (Å²) in [6.45, 7) is 0. The largest absolute Gasteiger partial charge is 0.477 e. The summed E-state index contributed by atoms with van der Waals surface area (Å²) in [5.41, 5.74) is -0.663. The van der Waals surface area contributed by atoms with E-state index in [-0.39, 0.29) is 17.0 Å². The third kappa shape index (κ3) is 1.37. The van der Waals surface area contributed by atoms with Crippen LogP contribution in [0.2, 0.25) is 0 Å². The van der Waals surface area contributed by atoms with Crippen molar-refractivity contribution < 1.29 is 14.8 Å². The molecule has 0 unspecified atom stereocenters. The molecule has 0 radical (unpaired) electrons. The number of carbonyl (C=O) groups is 1. The van der Waals surface area contributed by atoms with E-state index in [1.54, 1.807) is 0 Å². The van der Waals surface area contributed by atoms with Gasteiger partial charge in [-0.1, -0.05) is 0 Å². The van der Waals surface area contributed by atoms with Crippen molar-refractivity contribution in [1.82, 2.24) is 14.6 Å². The molecule has 2 heterocycles. The van der Waals surface area contributed by atoms with Crippen LogP contribution < -0.4 is 0 Å². The molecule has 2 aromatic heterocycles. The van der Waals surface area contributed by atoms with Crippen molar-refractivity contribution in [1.29, 1.82) is 0 Å². The second kappa shape index (κ2) is 3.01. The molecule has 1 N–H and O–H groups in total. The number of aromatic carboxylic acids is 1. The molecule has 0 saturated carbocycles. The van der Waals surface area contributed by atoms with Gasteiger partial charge >= 0.3 is 11.7 Å². The van der Waals surface area contributed by atoms with E-state index in [2.05, 4.69) is 10.1 Å². The molecule has 76 valence electrons. The molecule has 0 amide bonds. The first-order valence-electron chi connectivity index (χ1n) is 3.81. The van der Waals surface area contributed by atoms with Crippen LogP contribution in [0.15, 0.2) is 18.5 Å². The van der Waals surface area contributed by atoms with Crippen LogP contribution in [0.4, 0.5) is 5.69 Å². The Morgan fingerprint density at radius 1 is 1.60 bits per heavy atom. The summed E-state index contributed by atoms with van der Waals surface area (Å²) < 4.78 is 1.14. The average molecular weight is 208 g/mol. The van der Waals surface area contributed by atoms with Crippen molar-refractivity contribution in [2.75, 3.05) is 0 Å². The van der Waals surface area contributed by atoms with Crippen LogP contribution in [0.25, 0.3) is 5.65 Å². The normalized spacial score (nSPS) is 10.4. The van der Waals surface area contributed by atoms with E-state index in [0.717, 1.165) is 10.7 Å². The number of fused-ring (bicyclic) bond motifs is 1. The molecule has 0 saturated heterocycles. The molecular weight excluding hydrogens is 204 g/mol. The van der Waals surface area contributed by atoms with Crippen LogP contribution in [-0.4, -0.2) is 30.6 Å². The summed E-state index contributed by atoms with van der Waals surface area (Å²) in [7, 11) is 0. The smallest absolute Gasteiger partial charge is 0.354 e. The monoisotopic (exact) mass is 208 g/mol. The number of aromatic nitrogens is 3. The predicted molar refractivity (Wildman–Crippen MR) is 46.6 cm³/mol. The lowest BCUT2D eigenvalue weighted by Gasteiger charge is -1.94. The first-order chi connectivity index (χ1) is 7.09. The third-order valence-corrected chi connectivity index (χ3v) is 1.77. The van der Waals surface area contributed by atoms with E-state index in [9.17, 15) is 14.9 Å². The van der Waals surface area contributed by atoms with E-state index in [1.165, 1.54) is 12.3 Å². The molecule has 8 heteroatoms. The van der Waals surface area contributed by atoms with Gasteiger partial charge in [0.05, 0.1) is 4.92 Å². The molecule has 0 atom stereocenters. The summed E-state index contributed by atoms with van der Waals surface area (Å²) in [6, 6.07) is 1.21. The van der Waals surface area contributed by atoms with E-state index in [1.807, 2.05) is 0 Å². The minimum absolute atomic E-state index is 0.0834. The van der Waals surface area contributed by atoms with E-state index in [0.29, 0.717) is 0 Å². The van der Waals surface area contributed by atoms with Gasteiger partial charge < -0.3 is 5.11 Å². The third-order valence-electron chi connectivity index (χ3n) is 1.77. The fraction of sp³-hybridized carbons (Fsp3) is 0. The highest BCUT2D eigenvalue weighted by molar-refractivity contribution is 5.86. The molecule has 2 aromatic rings. The molecule has 0 spiro atoms. The predicted octanol–water partition coefficient (Wildman–Crippen LogP) is 0.336. The first kappa shape index (κ1) is 9.06. The van der Waals surface area contributed by atoms with E-state index >= 15 is 0 Å². The van der Waals surface area contributed by atoms with Crippen molar-refractivity contribution in [3.63, 3.8) is 0 Å². The zero-order chi connectivity index (χ0) is 11.0. The average Bonchev–Trinajstić information content (AvgIpc) is 2.59. The summed E-state index contributed by atoms with van der Waals surface area (Å²) in [4.78, 5) is 24.1. The van der Waals surface area contributed by atoms with Crippen molar-refractivity contribution in [3.05, 3.63) is 34.3 Å². The Balaban J connectivity index is 2.72. The van der Waals surface area contributed by atoms with Crippen LogP contribution in [0.3, 0.4) is 0 Å². The molecule has 2 rings (SSSR count). The van der Waals surface area contributed by atoms with Gasteiger partial charge in [0, 0.05) is 6.20 Å². The van der Waals surface area contributed by atoms with Gasteiger partial charge in [-0.15, -0.1) is 0 Å². The van der Waals surface area contributed by atoms with Crippen LogP contribution in [0.1, 0.15) is 10.5 Å². The quantitative estimate of drug-likeness (QED) is 0.562. The lowest BCUT2D eigenvalue weighted by atomic mass is 10.4. The van der Waals surface area contributed by atoms with Crippen molar-refractivity contribution >= 4 is 17.3 Å². The number of rotatable bonds is 2. The molecular formula is C7H4N4O4. The lowest BCUT2D eigenvalue weighted by Crippen LogP contribution is -2.02. The van der Waals surface area contributed by atoms with Gasteiger partial charge in [0.25, 0.3) is 0 Å². The number of nitrogens with zero attached hydrogens (tertiary/aromatic N) is 4. The maximum atomic E-state index is 10.6. The van der Waals surface area contributed by atoms with Crippen molar-refractivity contribution in [2.45, 2.75) is 0 Å². The highest BCUT2D eigenvalue weighted by atomic mass is 16.6. The summed E-state index contributed by atoms with van der Waals surface area (Å²) in [6.07, 6.45) is 2.33. The van der Waals surface area contributed by atoms with Gasteiger partial charge in [-0.05, 0) is 6.07 Å². The zero-order valence-corrected chi connectivity index (χ0v) is 7.19. The molecule has 15 heavy (non-hydrogen) atoms. The summed E-state index contributed by atoms with van der Waals surface area (Å²) in [5, 5.41) is 22.8. The molecule has 0 aliphatic heterocycles. The SMILES string of the molecule is O=C(O)c1ccn2ncc([N+](=O)[O-])c2n1. The topological polar surface area (TPSA) is 111 Å². The Morgan fingerprint density at radius 2 is 2.33 bits per heavy atom. The lowest BCUT2D eigenvalue weighted by molar-refractivity contribution is -0.383. The standard InChI is InChI=1S/C7H4N4O4/c12-7(13)4-1-2-10-6(9-4)5(3-8-10)11(14)15/h1-3H,(H,12,13). The second-order valence-corrected chi connectivity index (χ2v) is 2.67. The van der Waals surface area contributed by atoms with Gasteiger partial charge in [0.2, 0.25) is 5.65 Å². The van der Waals surface area contributed by atoms with E-state index < -0.39 is 10.9 Å². The Hall–Kier alpha value is -2.51. The Morgan fingerprint density at radius 3 is 2.93 bits per heavy atom. The number of nitro groups is 1. The minimum Gasteiger partial charge on any atom is -0.477 e. The van der Waals surface area contributed by atoms with E-state index in [4.69, 9.17) is 5.11 Å². The highest BCUT2D eigenvalue weighted by Crippen LogP contribution is 2.16. The second-order valence-electron chi connectivity index (χ2n) is 2.67. The summed E-state index contributed by atoms with van der Waals surface area (Å²) >= 11 is 0. The number of carboxylic acids is 1. The van der Waals surface area contributed by atoms with Crippen molar-refractivity contribution in [2.24, 2.45) is 0 Å². The number of hydrogen-bond acceptors (Lipinski definition) is 5. The van der Waals surface area contributed by atoms with Gasteiger partial charge in [-0.3, -0.25) is 10.1 Å². The number of hydrogen-bond donors (Lipinski definition) is 1. The minimum atomic E-state index is -1.24. The molecule has 0 aromatic carbocycles. The Bertz CT molecular complexity index is 561. The van der Waals surface area contributed by atoms with Crippen LogP contribution >= 0.6 is 0 Å². The maximum Gasteiger partial charge on any atom is 0.354 e. The van der Waals surface area contributed by atoms with Crippen LogP contribution in [0.5, 0.6) is 0 Å². The van der Waals surface area contributed by atoms with Gasteiger partial charge in [0.1, 0.15) is 6.20 Å². The number of carboxylic acid groups (broad SMARTS) is 1. The fourth-order valence-electron chi connectivity index (χ4n) is 1.10. The van der Waals surface area contributed by atoms with Crippen molar-refractivity contribution in [3.8, 4) is 0 Å².